The zero-order chi connectivity index (χ0) is 20.4. The lowest BCUT2D eigenvalue weighted by Crippen LogP contribution is -2.31. The molecule has 0 aliphatic carbocycles. The van der Waals surface area contributed by atoms with Gasteiger partial charge in [-0.05, 0) is 30.5 Å². The molecule has 4 rings (SSSR count). The number of amides is 1. The summed E-state index contributed by atoms with van der Waals surface area (Å²) < 4.78 is 10.3. The second-order valence-electron chi connectivity index (χ2n) is 6.55. The van der Waals surface area contributed by atoms with Crippen LogP contribution in [0.1, 0.15) is 17.3 Å². The van der Waals surface area contributed by atoms with Crippen molar-refractivity contribution in [1.29, 1.82) is 0 Å². The number of benzene rings is 3. The van der Waals surface area contributed by atoms with Crippen molar-refractivity contribution in [3.63, 3.8) is 0 Å². The maximum Gasteiger partial charge on any atom is 0.351 e. The van der Waals surface area contributed by atoms with Gasteiger partial charge in [0.2, 0.25) is 0 Å². The molecule has 29 heavy (non-hydrogen) atoms. The zero-order valence-corrected chi connectivity index (χ0v) is 15.5. The van der Waals surface area contributed by atoms with Crippen molar-refractivity contribution < 1.29 is 18.7 Å². The van der Waals surface area contributed by atoms with Crippen molar-refractivity contribution in [2.24, 2.45) is 0 Å². The molecule has 144 valence electrons. The van der Waals surface area contributed by atoms with Gasteiger partial charge >= 0.3 is 11.6 Å². The SMILES string of the molecule is C[C@@H](OC(=O)c1cc2ccccc2oc1=O)C(=O)Nc1cccc2ccccc12. The molecule has 0 aliphatic heterocycles. The Balaban J connectivity index is 1.52. The van der Waals surface area contributed by atoms with Crippen LogP contribution in [0.3, 0.4) is 0 Å². The van der Waals surface area contributed by atoms with Crippen LogP contribution in [0.25, 0.3) is 21.7 Å². The third-order valence-electron chi connectivity index (χ3n) is 4.56. The van der Waals surface area contributed by atoms with E-state index < -0.39 is 23.6 Å². The van der Waals surface area contributed by atoms with Gasteiger partial charge in [0.1, 0.15) is 11.1 Å². The van der Waals surface area contributed by atoms with Gasteiger partial charge in [0.25, 0.3) is 5.91 Å². The first-order chi connectivity index (χ1) is 14.0. The van der Waals surface area contributed by atoms with Crippen LogP contribution in [0.5, 0.6) is 0 Å². The van der Waals surface area contributed by atoms with E-state index >= 15 is 0 Å². The van der Waals surface area contributed by atoms with Gasteiger partial charge in [-0.3, -0.25) is 4.79 Å². The lowest BCUT2D eigenvalue weighted by atomic mass is 10.1. The zero-order valence-electron chi connectivity index (χ0n) is 15.5. The Bertz CT molecular complexity index is 1290. The third-order valence-corrected chi connectivity index (χ3v) is 4.56. The average Bonchev–Trinajstić information content (AvgIpc) is 2.73. The molecule has 0 aliphatic rings. The smallest absolute Gasteiger partial charge is 0.351 e. The highest BCUT2D eigenvalue weighted by Gasteiger charge is 2.22. The Labute approximate surface area is 165 Å². The molecule has 1 atom stereocenters. The number of fused-ring (bicyclic) bond motifs is 2. The molecule has 1 heterocycles. The predicted molar refractivity (Wildman–Crippen MR) is 110 cm³/mol. The number of rotatable bonds is 4. The fourth-order valence-electron chi connectivity index (χ4n) is 3.05. The highest BCUT2D eigenvalue weighted by Crippen LogP contribution is 2.23. The van der Waals surface area contributed by atoms with E-state index in [2.05, 4.69) is 5.32 Å². The molecule has 1 N–H and O–H groups in total. The van der Waals surface area contributed by atoms with Gasteiger partial charge in [0.05, 0.1) is 0 Å². The highest BCUT2D eigenvalue weighted by molar-refractivity contribution is 6.04. The van der Waals surface area contributed by atoms with E-state index in [0.717, 1.165) is 10.8 Å². The Morgan fingerprint density at radius 3 is 2.45 bits per heavy atom. The van der Waals surface area contributed by atoms with E-state index in [9.17, 15) is 14.4 Å². The highest BCUT2D eigenvalue weighted by atomic mass is 16.5. The number of ether oxygens (including phenoxy) is 1. The normalized spacial score (nSPS) is 11.9. The van der Waals surface area contributed by atoms with Crippen LogP contribution >= 0.6 is 0 Å². The van der Waals surface area contributed by atoms with Crippen molar-refractivity contribution in [2.75, 3.05) is 5.32 Å². The minimum atomic E-state index is -1.10. The van der Waals surface area contributed by atoms with E-state index in [4.69, 9.17) is 9.15 Å². The first-order valence-electron chi connectivity index (χ1n) is 9.05. The maximum absolute atomic E-state index is 12.5. The lowest BCUT2D eigenvalue weighted by molar-refractivity contribution is -0.123. The van der Waals surface area contributed by atoms with Crippen LogP contribution < -0.4 is 10.9 Å². The van der Waals surface area contributed by atoms with Crippen molar-refractivity contribution in [1.82, 2.24) is 0 Å². The molecule has 1 aromatic heterocycles. The molecular weight excluding hydrogens is 370 g/mol. The summed E-state index contributed by atoms with van der Waals surface area (Å²) >= 11 is 0. The number of hydrogen-bond donors (Lipinski definition) is 1. The van der Waals surface area contributed by atoms with Gasteiger partial charge in [-0.1, -0.05) is 54.6 Å². The molecule has 0 radical (unpaired) electrons. The Hall–Kier alpha value is -3.93. The minimum Gasteiger partial charge on any atom is -0.449 e. The van der Waals surface area contributed by atoms with Crippen molar-refractivity contribution in [3.8, 4) is 0 Å². The van der Waals surface area contributed by atoms with Crippen LogP contribution in [-0.2, 0) is 9.53 Å². The largest absolute Gasteiger partial charge is 0.449 e. The van der Waals surface area contributed by atoms with E-state index in [1.807, 2.05) is 36.4 Å². The third kappa shape index (κ3) is 3.73. The molecule has 6 nitrogen and oxygen atoms in total. The second-order valence-corrected chi connectivity index (χ2v) is 6.55. The quantitative estimate of drug-likeness (QED) is 0.420. The van der Waals surface area contributed by atoms with Crippen molar-refractivity contribution >= 4 is 39.3 Å². The summed E-state index contributed by atoms with van der Waals surface area (Å²) in [4.78, 5) is 37.1. The number of esters is 1. The van der Waals surface area contributed by atoms with Crippen LogP contribution in [0, 0.1) is 0 Å². The number of nitrogens with one attached hydrogen (secondary N) is 1. The lowest BCUT2D eigenvalue weighted by Gasteiger charge is -2.14. The molecular formula is C23H17NO5. The molecule has 4 aromatic rings. The molecule has 1 amide bonds. The molecule has 0 spiro atoms. The average molecular weight is 387 g/mol. The van der Waals surface area contributed by atoms with E-state index in [1.54, 1.807) is 30.3 Å². The topological polar surface area (TPSA) is 85.6 Å². The van der Waals surface area contributed by atoms with Crippen molar-refractivity contribution in [2.45, 2.75) is 13.0 Å². The van der Waals surface area contributed by atoms with E-state index in [0.29, 0.717) is 16.7 Å². The maximum atomic E-state index is 12.5. The number of carbonyl (C=O) groups excluding carboxylic acids is 2. The molecule has 0 bridgehead atoms. The van der Waals surface area contributed by atoms with Crippen LogP contribution in [0.15, 0.2) is 82.0 Å². The standard InChI is InChI=1S/C23H17NO5/c1-14(21(25)24-19-11-6-9-15-7-2-4-10-17(15)19)28-22(26)18-13-16-8-3-5-12-20(16)29-23(18)27/h2-14H,1H3,(H,24,25)/t14-/m1/s1. The predicted octanol–water partition coefficient (Wildman–Crippen LogP) is 4.13. The fourth-order valence-corrected chi connectivity index (χ4v) is 3.05. The summed E-state index contributed by atoms with van der Waals surface area (Å²) in [6, 6.07) is 21.4. The van der Waals surface area contributed by atoms with E-state index in [1.165, 1.54) is 13.0 Å². The Morgan fingerprint density at radius 1 is 0.931 bits per heavy atom. The number of hydrogen-bond acceptors (Lipinski definition) is 5. The summed E-state index contributed by atoms with van der Waals surface area (Å²) in [7, 11) is 0. The van der Waals surface area contributed by atoms with Crippen LogP contribution in [0.2, 0.25) is 0 Å². The second kappa shape index (κ2) is 7.59. The van der Waals surface area contributed by atoms with Crippen molar-refractivity contribution in [3.05, 3.63) is 88.8 Å². The molecule has 3 aromatic carbocycles. The van der Waals surface area contributed by atoms with Gasteiger partial charge in [-0.2, -0.15) is 0 Å². The molecule has 0 saturated heterocycles. The van der Waals surface area contributed by atoms with Gasteiger partial charge in [0, 0.05) is 16.5 Å². The molecule has 0 unspecified atom stereocenters. The van der Waals surface area contributed by atoms with Gasteiger partial charge in [0.15, 0.2) is 6.10 Å². The summed E-state index contributed by atoms with van der Waals surface area (Å²) in [6.07, 6.45) is -1.10. The summed E-state index contributed by atoms with van der Waals surface area (Å²) in [6.45, 7) is 1.45. The Morgan fingerprint density at radius 2 is 1.62 bits per heavy atom. The number of carbonyl (C=O) groups is 2. The summed E-state index contributed by atoms with van der Waals surface area (Å²) in [5.74, 6) is -1.41. The number of para-hydroxylation sites is 1. The Kier molecular flexibility index (Phi) is 4.83. The van der Waals surface area contributed by atoms with E-state index in [-0.39, 0.29) is 5.56 Å². The van der Waals surface area contributed by atoms with Crippen LogP contribution in [-0.4, -0.2) is 18.0 Å². The summed E-state index contributed by atoms with van der Waals surface area (Å²) in [5, 5.41) is 5.21. The minimum absolute atomic E-state index is 0.256. The first-order valence-corrected chi connectivity index (χ1v) is 9.05. The molecule has 0 saturated carbocycles. The fraction of sp³-hybridized carbons (Fsp3) is 0.0870. The van der Waals surface area contributed by atoms with Crippen LogP contribution in [0.4, 0.5) is 5.69 Å². The molecule has 0 fully saturated rings. The van der Waals surface area contributed by atoms with Gasteiger partial charge < -0.3 is 14.5 Å². The van der Waals surface area contributed by atoms with Gasteiger partial charge in [-0.25, -0.2) is 9.59 Å². The van der Waals surface area contributed by atoms with Gasteiger partial charge in [-0.15, -0.1) is 0 Å². The number of anilines is 1. The monoisotopic (exact) mass is 387 g/mol. The summed E-state index contributed by atoms with van der Waals surface area (Å²) in [5.41, 5.74) is -0.0825. The molecule has 6 heteroatoms. The first kappa shape index (κ1) is 18.4.